The van der Waals surface area contributed by atoms with E-state index in [9.17, 15) is 4.79 Å². The molecule has 0 bridgehead atoms. The summed E-state index contributed by atoms with van der Waals surface area (Å²) in [7, 11) is 0. The fraction of sp³-hybridized carbons (Fsp3) is 0.208. The molecule has 2 aromatic carbocycles. The van der Waals surface area contributed by atoms with E-state index in [0.29, 0.717) is 6.42 Å². The number of rotatable bonds is 2. The van der Waals surface area contributed by atoms with Crippen LogP contribution in [-0.2, 0) is 4.79 Å². The molecule has 3 nitrogen and oxygen atoms in total. The molecule has 0 amide bonds. The standard InChI is InChI=1S/C24H22N2OS/c1-15-8-10-16(11-9-15)24-23-20(25-18-5-2-3-6-19(18)26-24)13-17(14-21(23)27)22-7-4-12-28-22/h2-13,17,23-26H,14H2,1H3. The number of hydrogen-bond donors (Lipinski definition) is 2. The van der Waals surface area contributed by atoms with Crippen molar-refractivity contribution in [1.82, 2.24) is 0 Å². The maximum Gasteiger partial charge on any atom is 0.145 e. The summed E-state index contributed by atoms with van der Waals surface area (Å²) in [6.45, 7) is 2.09. The molecule has 0 radical (unpaired) electrons. The molecule has 1 aromatic heterocycles. The molecule has 1 aliphatic heterocycles. The van der Waals surface area contributed by atoms with Gasteiger partial charge >= 0.3 is 0 Å². The Morgan fingerprint density at radius 2 is 1.75 bits per heavy atom. The SMILES string of the molecule is Cc1ccc(C2Nc3ccccc3NC3=CC(c4cccs4)CC(=O)C32)cc1. The van der Waals surface area contributed by atoms with E-state index < -0.39 is 0 Å². The number of aryl methyl sites for hydroxylation is 1. The van der Waals surface area contributed by atoms with E-state index in [1.165, 1.54) is 10.4 Å². The summed E-state index contributed by atoms with van der Waals surface area (Å²) >= 11 is 1.72. The van der Waals surface area contributed by atoms with Crippen molar-refractivity contribution in [3.63, 3.8) is 0 Å². The number of allylic oxidation sites excluding steroid dienone is 1. The number of nitrogens with one attached hydrogen (secondary N) is 2. The quantitative estimate of drug-likeness (QED) is 0.577. The first-order valence-electron chi connectivity index (χ1n) is 9.66. The van der Waals surface area contributed by atoms with Gasteiger partial charge in [0.25, 0.3) is 0 Å². The van der Waals surface area contributed by atoms with E-state index in [-0.39, 0.29) is 23.7 Å². The molecule has 3 atom stereocenters. The van der Waals surface area contributed by atoms with Crippen molar-refractivity contribution >= 4 is 28.5 Å². The van der Waals surface area contributed by atoms with Gasteiger partial charge in [-0.15, -0.1) is 11.3 Å². The van der Waals surface area contributed by atoms with Gasteiger partial charge in [0.2, 0.25) is 0 Å². The Labute approximate surface area is 169 Å². The highest BCUT2D eigenvalue weighted by Crippen LogP contribution is 2.44. The molecule has 0 saturated carbocycles. The third-order valence-corrected chi connectivity index (χ3v) is 6.68. The summed E-state index contributed by atoms with van der Waals surface area (Å²) in [6, 6.07) is 20.8. The van der Waals surface area contributed by atoms with Crippen LogP contribution in [0.5, 0.6) is 0 Å². The van der Waals surface area contributed by atoms with Crippen molar-refractivity contribution in [3.8, 4) is 0 Å². The Hall–Kier alpha value is -2.85. The van der Waals surface area contributed by atoms with Crippen LogP contribution in [0.3, 0.4) is 0 Å². The van der Waals surface area contributed by atoms with E-state index >= 15 is 0 Å². The number of hydrogen-bond acceptors (Lipinski definition) is 4. The Balaban J connectivity index is 1.63. The van der Waals surface area contributed by atoms with Crippen LogP contribution >= 0.6 is 11.3 Å². The minimum absolute atomic E-state index is 0.0835. The van der Waals surface area contributed by atoms with Crippen molar-refractivity contribution in [1.29, 1.82) is 0 Å². The highest BCUT2D eigenvalue weighted by Gasteiger charge is 2.39. The number of Topliss-reactive ketones (excluding diaryl/α,β-unsaturated/α-hetero) is 1. The zero-order valence-corrected chi connectivity index (χ0v) is 16.5. The molecule has 140 valence electrons. The lowest BCUT2D eigenvalue weighted by Crippen LogP contribution is -2.33. The predicted octanol–water partition coefficient (Wildman–Crippen LogP) is 5.89. The number of anilines is 2. The summed E-state index contributed by atoms with van der Waals surface area (Å²) in [5, 5.41) is 9.31. The van der Waals surface area contributed by atoms with Crippen molar-refractivity contribution in [3.05, 3.63) is 93.8 Å². The highest BCUT2D eigenvalue weighted by atomic mass is 32.1. The number of benzene rings is 2. The van der Waals surface area contributed by atoms with Gasteiger partial charge in [-0.2, -0.15) is 0 Å². The average molecular weight is 387 g/mol. The van der Waals surface area contributed by atoms with Gasteiger partial charge in [-0.3, -0.25) is 4.79 Å². The van der Waals surface area contributed by atoms with Gasteiger partial charge in [0, 0.05) is 22.9 Å². The van der Waals surface area contributed by atoms with Crippen LogP contribution in [0.4, 0.5) is 11.4 Å². The van der Waals surface area contributed by atoms with Gasteiger partial charge in [-0.05, 0) is 36.1 Å². The third-order valence-electron chi connectivity index (χ3n) is 5.68. The van der Waals surface area contributed by atoms with E-state index in [2.05, 4.69) is 77.5 Å². The van der Waals surface area contributed by atoms with E-state index in [1.807, 2.05) is 12.1 Å². The van der Waals surface area contributed by atoms with Gasteiger partial charge in [0.1, 0.15) is 5.78 Å². The fourth-order valence-electron chi connectivity index (χ4n) is 4.24. The summed E-state index contributed by atoms with van der Waals surface area (Å²) < 4.78 is 0. The van der Waals surface area contributed by atoms with E-state index in [1.54, 1.807) is 11.3 Å². The second-order valence-corrected chi connectivity index (χ2v) is 8.57. The Morgan fingerprint density at radius 3 is 2.50 bits per heavy atom. The van der Waals surface area contributed by atoms with Gasteiger partial charge in [-0.25, -0.2) is 0 Å². The van der Waals surface area contributed by atoms with Gasteiger partial charge in [0.05, 0.1) is 23.3 Å². The monoisotopic (exact) mass is 386 g/mol. The minimum atomic E-state index is -0.216. The van der Waals surface area contributed by atoms with Gasteiger partial charge in [-0.1, -0.05) is 54.1 Å². The van der Waals surface area contributed by atoms with Crippen LogP contribution in [0.1, 0.15) is 34.4 Å². The maximum absolute atomic E-state index is 13.4. The third kappa shape index (κ3) is 3.04. The van der Waals surface area contributed by atoms with Gasteiger partial charge in [0.15, 0.2) is 0 Å². The van der Waals surface area contributed by atoms with Crippen molar-refractivity contribution < 1.29 is 4.79 Å². The van der Waals surface area contributed by atoms with Crippen LogP contribution in [-0.4, -0.2) is 5.78 Å². The number of ketones is 1. The molecule has 28 heavy (non-hydrogen) atoms. The molecule has 0 fully saturated rings. The lowest BCUT2D eigenvalue weighted by Gasteiger charge is -2.32. The Bertz CT molecular complexity index is 1040. The lowest BCUT2D eigenvalue weighted by molar-refractivity contribution is -0.122. The van der Waals surface area contributed by atoms with Crippen molar-refractivity contribution in [2.45, 2.75) is 25.3 Å². The molecule has 0 spiro atoms. The molecule has 3 aromatic rings. The van der Waals surface area contributed by atoms with Crippen LogP contribution in [0.25, 0.3) is 0 Å². The van der Waals surface area contributed by atoms with Crippen LogP contribution < -0.4 is 10.6 Å². The molecular formula is C24H22N2OS. The second-order valence-electron chi connectivity index (χ2n) is 7.60. The summed E-state index contributed by atoms with van der Waals surface area (Å²) in [5.74, 6) is 0.218. The minimum Gasteiger partial charge on any atom is -0.375 e. The lowest BCUT2D eigenvalue weighted by atomic mass is 9.78. The van der Waals surface area contributed by atoms with Gasteiger partial charge < -0.3 is 10.6 Å². The maximum atomic E-state index is 13.4. The van der Waals surface area contributed by atoms with Crippen molar-refractivity contribution in [2.75, 3.05) is 10.6 Å². The first-order chi connectivity index (χ1) is 13.7. The first-order valence-corrected chi connectivity index (χ1v) is 10.5. The molecule has 2 N–H and O–H groups in total. The predicted molar refractivity (Wildman–Crippen MR) is 116 cm³/mol. The highest BCUT2D eigenvalue weighted by molar-refractivity contribution is 7.10. The topological polar surface area (TPSA) is 41.1 Å². The number of fused-ring (bicyclic) bond motifs is 2. The number of carbonyl (C=O) groups excluding carboxylic acids is 1. The summed E-state index contributed by atoms with van der Waals surface area (Å²) in [6.07, 6.45) is 2.82. The molecule has 2 heterocycles. The molecular weight excluding hydrogens is 364 g/mol. The molecule has 1 aliphatic carbocycles. The zero-order valence-electron chi connectivity index (χ0n) is 15.7. The van der Waals surface area contributed by atoms with Crippen molar-refractivity contribution in [2.24, 2.45) is 5.92 Å². The Kier molecular flexibility index (Phi) is 4.29. The first kappa shape index (κ1) is 17.3. The van der Waals surface area contributed by atoms with E-state index in [4.69, 9.17) is 0 Å². The smallest absolute Gasteiger partial charge is 0.145 e. The Morgan fingerprint density at radius 1 is 0.964 bits per heavy atom. The molecule has 0 saturated heterocycles. The second kappa shape index (κ2) is 6.95. The largest absolute Gasteiger partial charge is 0.375 e. The molecule has 3 unspecified atom stereocenters. The number of thiophene rings is 1. The van der Waals surface area contributed by atoms with Crippen LogP contribution in [0.15, 0.2) is 77.8 Å². The summed E-state index contributed by atoms with van der Waals surface area (Å²) in [4.78, 5) is 14.6. The molecule has 2 aliphatic rings. The zero-order chi connectivity index (χ0) is 19.1. The van der Waals surface area contributed by atoms with E-state index in [0.717, 1.165) is 22.6 Å². The summed E-state index contributed by atoms with van der Waals surface area (Å²) in [5.41, 5.74) is 5.43. The molecule has 4 heteroatoms. The molecule has 5 rings (SSSR count). The average Bonchev–Trinajstić information content (AvgIpc) is 3.18. The van der Waals surface area contributed by atoms with Crippen LogP contribution in [0.2, 0.25) is 0 Å². The number of para-hydroxylation sites is 2. The normalized spacial score (nSPS) is 23.5. The fourth-order valence-corrected chi connectivity index (χ4v) is 5.04. The number of carbonyl (C=O) groups is 1. The van der Waals surface area contributed by atoms with Crippen LogP contribution in [0, 0.1) is 12.8 Å².